The first-order valence-corrected chi connectivity index (χ1v) is 11.3. The third kappa shape index (κ3) is 6.88. The van der Waals surface area contributed by atoms with Crippen molar-refractivity contribution in [3.05, 3.63) is 104 Å². The van der Waals surface area contributed by atoms with Crippen LogP contribution < -0.4 is 5.32 Å². The molecule has 0 bridgehead atoms. The molecular formula is C27H30N2O6. The van der Waals surface area contributed by atoms with Crippen LogP contribution in [0, 0.1) is 10.1 Å². The number of methoxy groups -OCH3 is 1. The maximum atomic E-state index is 13.1. The standard InChI is InChI=1S/C27H30N2O6/c1-19-24(18-34-14-8-11-21-9-5-4-6-10-21)26(22-12-7-13-23(17-22)29(31)32)25(20(2)28-19)27(30)35-16-15-33-3/h4-13,17,26,28H,14-16,18H2,1-3H3/b11-8+. The molecule has 1 aliphatic rings. The lowest BCUT2D eigenvalue weighted by molar-refractivity contribution is -0.384. The van der Waals surface area contributed by atoms with Crippen LogP contribution in [0.15, 0.2) is 83.2 Å². The number of hydrogen-bond donors (Lipinski definition) is 1. The van der Waals surface area contributed by atoms with E-state index in [0.29, 0.717) is 23.4 Å². The predicted molar refractivity (Wildman–Crippen MR) is 134 cm³/mol. The molecule has 0 amide bonds. The minimum Gasteiger partial charge on any atom is -0.460 e. The number of nitro groups is 1. The molecule has 3 rings (SSSR count). The average molecular weight is 479 g/mol. The van der Waals surface area contributed by atoms with Crippen LogP contribution in [0.1, 0.15) is 30.9 Å². The Morgan fingerprint density at radius 3 is 2.57 bits per heavy atom. The van der Waals surface area contributed by atoms with E-state index in [1.165, 1.54) is 19.2 Å². The molecule has 8 nitrogen and oxygen atoms in total. The van der Waals surface area contributed by atoms with E-state index < -0.39 is 16.8 Å². The van der Waals surface area contributed by atoms with Crippen molar-refractivity contribution < 1.29 is 23.9 Å². The van der Waals surface area contributed by atoms with Crippen molar-refractivity contribution in [3.8, 4) is 0 Å². The zero-order valence-electron chi connectivity index (χ0n) is 20.2. The molecule has 35 heavy (non-hydrogen) atoms. The van der Waals surface area contributed by atoms with E-state index in [-0.39, 0.29) is 25.5 Å². The summed E-state index contributed by atoms with van der Waals surface area (Å²) >= 11 is 0. The first-order valence-electron chi connectivity index (χ1n) is 11.3. The second kappa shape index (κ2) is 12.6. The number of nitro benzene ring substituents is 1. The van der Waals surface area contributed by atoms with E-state index in [2.05, 4.69) is 5.32 Å². The molecule has 0 saturated carbocycles. The molecule has 1 unspecified atom stereocenters. The molecule has 0 radical (unpaired) electrons. The van der Waals surface area contributed by atoms with Crippen molar-refractivity contribution in [3.63, 3.8) is 0 Å². The maximum absolute atomic E-state index is 13.1. The summed E-state index contributed by atoms with van der Waals surface area (Å²) in [7, 11) is 1.53. The molecule has 8 heteroatoms. The Hall–Kier alpha value is -3.75. The molecule has 1 N–H and O–H groups in total. The summed E-state index contributed by atoms with van der Waals surface area (Å²) in [4.78, 5) is 24.1. The second-order valence-corrected chi connectivity index (χ2v) is 8.06. The van der Waals surface area contributed by atoms with Gasteiger partial charge in [0, 0.05) is 36.6 Å². The molecule has 0 aromatic heterocycles. The lowest BCUT2D eigenvalue weighted by atomic mass is 9.80. The SMILES string of the molecule is COCCOC(=O)C1=C(C)NC(C)=C(COC/C=C/c2ccccc2)C1c1cccc([N+](=O)[O-])c1. The number of nitrogens with zero attached hydrogens (tertiary/aromatic N) is 1. The van der Waals surface area contributed by atoms with E-state index >= 15 is 0 Å². The van der Waals surface area contributed by atoms with Crippen molar-refractivity contribution >= 4 is 17.7 Å². The number of hydrogen-bond acceptors (Lipinski definition) is 7. The fourth-order valence-corrected chi connectivity index (χ4v) is 3.97. The second-order valence-electron chi connectivity index (χ2n) is 8.06. The van der Waals surface area contributed by atoms with Crippen molar-refractivity contribution in [2.45, 2.75) is 19.8 Å². The topological polar surface area (TPSA) is 99.9 Å². The summed E-state index contributed by atoms with van der Waals surface area (Å²) in [5, 5.41) is 14.7. The summed E-state index contributed by atoms with van der Waals surface area (Å²) < 4.78 is 16.4. The molecule has 1 atom stereocenters. The van der Waals surface area contributed by atoms with Gasteiger partial charge in [0.1, 0.15) is 6.61 Å². The zero-order valence-corrected chi connectivity index (χ0v) is 20.2. The average Bonchev–Trinajstić information content (AvgIpc) is 2.85. The number of allylic oxidation sites excluding steroid dienone is 2. The highest BCUT2D eigenvalue weighted by Crippen LogP contribution is 2.39. The summed E-state index contributed by atoms with van der Waals surface area (Å²) in [6.45, 7) is 4.66. The summed E-state index contributed by atoms with van der Waals surface area (Å²) in [6, 6.07) is 16.2. The van der Waals surface area contributed by atoms with E-state index in [1.54, 1.807) is 19.1 Å². The molecular weight excluding hydrogens is 448 g/mol. The van der Waals surface area contributed by atoms with Gasteiger partial charge >= 0.3 is 5.97 Å². The number of benzene rings is 2. The summed E-state index contributed by atoms with van der Waals surface area (Å²) in [5.41, 5.74) is 4.31. The van der Waals surface area contributed by atoms with Crippen LogP contribution in [0.4, 0.5) is 5.69 Å². The van der Waals surface area contributed by atoms with Crippen LogP contribution in [0.25, 0.3) is 6.08 Å². The molecule has 184 valence electrons. The number of rotatable bonds is 11. The molecule has 0 saturated heterocycles. The molecule has 2 aromatic carbocycles. The number of carbonyl (C=O) groups excluding carboxylic acids is 1. The Bertz CT molecular complexity index is 1140. The minimum absolute atomic E-state index is 0.0468. The quantitative estimate of drug-likeness (QED) is 0.215. The highest BCUT2D eigenvalue weighted by atomic mass is 16.6. The molecule has 2 aromatic rings. The van der Waals surface area contributed by atoms with Gasteiger partial charge in [0.15, 0.2) is 0 Å². The molecule has 0 fully saturated rings. The first-order chi connectivity index (χ1) is 16.9. The highest BCUT2D eigenvalue weighted by Gasteiger charge is 2.34. The van der Waals surface area contributed by atoms with E-state index in [0.717, 1.165) is 16.8 Å². The van der Waals surface area contributed by atoms with Gasteiger partial charge in [-0.1, -0.05) is 54.6 Å². The molecule has 0 spiro atoms. The van der Waals surface area contributed by atoms with Gasteiger partial charge in [-0.15, -0.1) is 0 Å². The number of ether oxygens (including phenoxy) is 3. The Morgan fingerprint density at radius 1 is 1.09 bits per heavy atom. The van der Waals surface area contributed by atoms with Crippen LogP contribution in [0.2, 0.25) is 0 Å². The van der Waals surface area contributed by atoms with Crippen LogP contribution in [0.5, 0.6) is 0 Å². The number of nitrogens with one attached hydrogen (secondary N) is 1. The smallest absolute Gasteiger partial charge is 0.336 e. The van der Waals surface area contributed by atoms with Crippen LogP contribution in [-0.4, -0.2) is 44.4 Å². The van der Waals surface area contributed by atoms with E-state index in [9.17, 15) is 14.9 Å². The van der Waals surface area contributed by atoms with Gasteiger partial charge in [-0.3, -0.25) is 10.1 Å². The van der Waals surface area contributed by atoms with E-state index in [4.69, 9.17) is 14.2 Å². The van der Waals surface area contributed by atoms with Gasteiger partial charge in [0.05, 0.1) is 30.3 Å². The number of esters is 1. The Morgan fingerprint density at radius 2 is 1.86 bits per heavy atom. The number of non-ortho nitro benzene ring substituents is 1. The van der Waals surface area contributed by atoms with Crippen molar-refractivity contribution in [1.29, 1.82) is 0 Å². The van der Waals surface area contributed by atoms with Gasteiger partial charge in [-0.05, 0) is 30.5 Å². The largest absolute Gasteiger partial charge is 0.460 e. The fourth-order valence-electron chi connectivity index (χ4n) is 3.97. The monoisotopic (exact) mass is 478 g/mol. The Labute approximate surface area is 205 Å². The molecule has 1 aliphatic heterocycles. The van der Waals surface area contributed by atoms with Crippen LogP contribution in [-0.2, 0) is 19.0 Å². The number of dihydropyridines is 1. The van der Waals surface area contributed by atoms with Crippen molar-refractivity contribution in [2.24, 2.45) is 0 Å². The van der Waals surface area contributed by atoms with Crippen molar-refractivity contribution in [1.82, 2.24) is 5.32 Å². The van der Waals surface area contributed by atoms with Gasteiger partial charge in [-0.25, -0.2) is 4.79 Å². The third-order valence-corrected chi connectivity index (χ3v) is 5.63. The lowest BCUT2D eigenvalue weighted by Gasteiger charge is -2.31. The Kier molecular flexibility index (Phi) is 9.34. The zero-order chi connectivity index (χ0) is 25.2. The first kappa shape index (κ1) is 25.9. The molecule has 0 aliphatic carbocycles. The van der Waals surface area contributed by atoms with Crippen LogP contribution in [0.3, 0.4) is 0 Å². The van der Waals surface area contributed by atoms with Crippen molar-refractivity contribution in [2.75, 3.05) is 33.5 Å². The van der Waals surface area contributed by atoms with Gasteiger partial charge < -0.3 is 19.5 Å². The Balaban J connectivity index is 1.87. The van der Waals surface area contributed by atoms with Gasteiger partial charge in [0.25, 0.3) is 5.69 Å². The van der Waals surface area contributed by atoms with E-state index in [1.807, 2.05) is 49.4 Å². The van der Waals surface area contributed by atoms with Gasteiger partial charge in [0.2, 0.25) is 0 Å². The highest BCUT2D eigenvalue weighted by molar-refractivity contribution is 5.92. The third-order valence-electron chi connectivity index (χ3n) is 5.63. The predicted octanol–water partition coefficient (Wildman–Crippen LogP) is 4.75. The fraction of sp³-hybridized carbons (Fsp3) is 0.296. The maximum Gasteiger partial charge on any atom is 0.336 e. The summed E-state index contributed by atoms with van der Waals surface area (Å²) in [5.74, 6) is -1.05. The normalized spacial score (nSPS) is 15.9. The summed E-state index contributed by atoms with van der Waals surface area (Å²) in [6.07, 6.45) is 3.89. The lowest BCUT2D eigenvalue weighted by Crippen LogP contribution is -2.31. The van der Waals surface area contributed by atoms with Gasteiger partial charge in [-0.2, -0.15) is 0 Å². The number of carbonyl (C=O) groups is 1. The molecule has 1 heterocycles. The van der Waals surface area contributed by atoms with Crippen LogP contribution >= 0.6 is 0 Å². The minimum atomic E-state index is -0.552.